The Morgan fingerprint density at radius 2 is 2.00 bits per heavy atom. The van der Waals surface area contributed by atoms with Crippen LogP contribution in [0.25, 0.3) is 11.0 Å². The molecule has 0 bridgehead atoms. The Balaban J connectivity index is 2.39. The Labute approximate surface area is 113 Å². The molecule has 1 aromatic carbocycles. The molecule has 0 fully saturated rings. The first-order valence-corrected chi connectivity index (χ1v) is 7.28. The molecule has 19 heavy (non-hydrogen) atoms. The summed E-state index contributed by atoms with van der Waals surface area (Å²) < 4.78 is 5.89. The lowest BCUT2D eigenvalue weighted by Gasteiger charge is -2.20. The topological polar surface area (TPSA) is 30.2 Å². The lowest BCUT2D eigenvalue weighted by Crippen LogP contribution is -2.11. The first kappa shape index (κ1) is 12.5. The largest absolute Gasteiger partial charge is 0.461 e. The maximum absolute atomic E-state index is 12.2. The van der Waals surface area contributed by atoms with Crippen LogP contribution in [-0.2, 0) is 19.3 Å². The van der Waals surface area contributed by atoms with Crippen molar-refractivity contribution in [3.05, 3.63) is 44.8 Å². The molecule has 1 heterocycles. The van der Waals surface area contributed by atoms with Gasteiger partial charge in [0, 0.05) is 6.07 Å². The standard InChI is InChI=1S/C17H20O2/c1-3-6-14-13-8-5-4-7-12(13)10-15-16(18)9-11(2)19-17(14)15/h9-10H,3-8H2,1-2H3. The summed E-state index contributed by atoms with van der Waals surface area (Å²) in [6.07, 6.45) is 6.83. The maximum atomic E-state index is 12.2. The van der Waals surface area contributed by atoms with Crippen LogP contribution in [0.3, 0.4) is 0 Å². The van der Waals surface area contributed by atoms with Crippen LogP contribution in [0.1, 0.15) is 48.6 Å². The van der Waals surface area contributed by atoms with E-state index in [1.165, 1.54) is 29.5 Å². The first-order valence-electron chi connectivity index (χ1n) is 7.28. The second-order valence-corrected chi connectivity index (χ2v) is 5.55. The highest BCUT2D eigenvalue weighted by Gasteiger charge is 2.18. The Morgan fingerprint density at radius 3 is 2.79 bits per heavy atom. The van der Waals surface area contributed by atoms with Crippen molar-refractivity contribution in [2.75, 3.05) is 0 Å². The minimum atomic E-state index is 0.101. The predicted octanol–water partition coefficient (Wildman–Crippen LogP) is 3.93. The van der Waals surface area contributed by atoms with Gasteiger partial charge in [-0.05, 0) is 61.8 Å². The van der Waals surface area contributed by atoms with Gasteiger partial charge in [-0.1, -0.05) is 13.3 Å². The van der Waals surface area contributed by atoms with E-state index in [9.17, 15) is 4.79 Å². The molecule has 0 spiro atoms. The Hall–Kier alpha value is -1.57. The third kappa shape index (κ3) is 2.09. The molecule has 2 nitrogen and oxygen atoms in total. The van der Waals surface area contributed by atoms with Crippen LogP contribution < -0.4 is 5.43 Å². The van der Waals surface area contributed by atoms with Gasteiger partial charge < -0.3 is 4.42 Å². The quantitative estimate of drug-likeness (QED) is 0.815. The summed E-state index contributed by atoms with van der Waals surface area (Å²) in [6.45, 7) is 4.04. The highest BCUT2D eigenvalue weighted by molar-refractivity contribution is 5.82. The van der Waals surface area contributed by atoms with Crippen molar-refractivity contribution in [1.29, 1.82) is 0 Å². The van der Waals surface area contributed by atoms with Gasteiger partial charge in [0.05, 0.1) is 5.39 Å². The number of hydrogen-bond donors (Lipinski definition) is 0. The average molecular weight is 256 g/mol. The van der Waals surface area contributed by atoms with E-state index < -0.39 is 0 Å². The molecule has 2 heteroatoms. The van der Waals surface area contributed by atoms with Crippen molar-refractivity contribution in [3.8, 4) is 0 Å². The fourth-order valence-corrected chi connectivity index (χ4v) is 3.24. The van der Waals surface area contributed by atoms with Crippen LogP contribution in [0.5, 0.6) is 0 Å². The monoisotopic (exact) mass is 256 g/mol. The molecule has 2 aromatic rings. The summed E-state index contributed by atoms with van der Waals surface area (Å²) in [5.74, 6) is 0.714. The van der Waals surface area contributed by atoms with Gasteiger partial charge in [0.25, 0.3) is 0 Å². The summed E-state index contributed by atoms with van der Waals surface area (Å²) in [5.41, 5.74) is 5.06. The van der Waals surface area contributed by atoms with Crippen LogP contribution in [0, 0.1) is 6.92 Å². The van der Waals surface area contributed by atoms with E-state index in [1.807, 2.05) is 6.92 Å². The number of aryl methyl sites for hydroxylation is 3. The Morgan fingerprint density at radius 1 is 1.21 bits per heavy atom. The maximum Gasteiger partial charge on any atom is 0.192 e. The van der Waals surface area contributed by atoms with Gasteiger partial charge in [-0.2, -0.15) is 0 Å². The summed E-state index contributed by atoms with van der Waals surface area (Å²) >= 11 is 0. The molecule has 0 unspecified atom stereocenters. The van der Waals surface area contributed by atoms with Gasteiger partial charge >= 0.3 is 0 Å². The third-order valence-corrected chi connectivity index (χ3v) is 4.07. The summed E-state index contributed by atoms with van der Waals surface area (Å²) in [6, 6.07) is 3.68. The summed E-state index contributed by atoms with van der Waals surface area (Å²) in [4.78, 5) is 12.2. The van der Waals surface area contributed by atoms with Crippen molar-refractivity contribution in [3.63, 3.8) is 0 Å². The highest BCUT2D eigenvalue weighted by Crippen LogP contribution is 2.31. The van der Waals surface area contributed by atoms with E-state index in [-0.39, 0.29) is 5.43 Å². The molecule has 3 rings (SSSR count). The third-order valence-electron chi connectivity index (χ3n) is 4.07. The van der Waals surface area contributed by atoms with Gasteiger partial charge in [-0.15, -0.1) is 0 Å². The minimum Gasteiger partial charge on any atom is -0.461 e. The number of fused-ring (bicyclic) bond motifs is 2. The van der Waals surface area contributed by atoms with Crippen LogP contribution in [0.4, 0.5) is 0 Å². The summed E-state index contributed by atoms with van der Waals surface area (Å²) in [5, 5.41) is 0.773. The molecule has 0 N–H and O–H groups in total. The van der Waals surface area contributed by atoms with Crippen molar-refractivity contribution in [2.45, 2.75) is 52.4 Å². The van der Waals surface area contributed by atoms with Crippen molar-refractivity contribution in [2.24, 2.45) is 0 Å². The zero-order valence-corrected chi connectivity index (χ0v) is 11.7. The Bertz CT molecular complexity index is 680. The molecule has 1 aliphatic rings. The molecule has 0 saturated carbocycles. The molecule has 0 atom stereocenters. The predicted molar refractivity (Wildman–Crippen MR) is 77.9 cm³/mol. The SMILES string of the molecule is CCCc1c2c(cc3c(=O)cc(C)oc13)CCCC2. The van der Waals surface area contributed by atoms with Gasteiger partial charge in [0.2, 0.25) is 0 Å². The zero-order valence-electron chi connectivity index (χ0n) is 11.7. The second kappa shape index (κ2) is 4.84. The van der Waals surface area contributed by atoms with Crippen LogP contribution >= 0.6 is 0 Å². The number of hydrogen-bond acceptors (Lipinski definition) is 2. The van der Waals surface area contributed by atoms with Gasteiger partial charge in [-0.3, -0.25) is 4.79 Å². The lowest BCUT2D eigenvalue weighted by atomic mass is 9.85. The molecule has 0 aliphatic heterocycles. The van der Waals surface area contributed by atoms with E-state index in [0.29, 0.717) is 5.76 Å². The van der Waals surface area contributed by atoms with E-state index in [1.54, 1.807) is 6.07 Å². The number of benzene rings is 1. The van der Waals surface area contributed by atoms with Crippen LogP contribution in [0.15, 0.2) is 21.3 Å². The smallest absolute Gasteiger partial charge is 0.192 e. The zero-order chi connectivity index (χ0) is 13.4. The molecule has 0 radical (unpaired) electrons. The molecule has 100 valence electrons. The van der Waals surface area contributed by atoms with Crippen LogP contribution in [0.2, 0.25) is 0 Å². The van der Waals surface area contributed by atoms with E-state index in [4.69, 9.17) is 4.42 Å². The van der Waals surface area contributed by atoms with Crippen molar-refractivity contribution >= 4 is 11.0 Å². The second-order valence-electron chi connectivity index (χ2n) is 5.55. The molecular weight excluding hydrogens is 236 g/mol. The highest BCUT2D eigenvalue weighted by atomic mass is 16.3. The molecule has 0 saturated heterocycles. The van der Waals surface area contributed by atoms with Crippen molar-refractivity contribution in [1.82, 2.24) is 0 Å². The van der Waals surface area contributed by atoms with Gasteiger partial charge in [-0.25, -0.2) is 0 Å². The molecule has 1 aliphatic carbocycles. The van der Waals surface area contributed by atoms with Crippen LogP contribution in [-0.4, -0.2) is 0 Å². The van der Waals surface area contributed by atoms with Gasteiger partial charge in [0.15, 0.2) is 5.43 Å². The Kier molecular flexibility index (Phi) is 3.17. The fraction of sp³-hybridized carbons (Fsp3) is 0.471. The molecular formula is C17H20O2. The first-order chi connectivity index (χ1) is 9.20. The van der Waals surface area contributed by atoms with E-state index >= 15 is 0 Å². The van der Waals surface area contributed by atoms with Crippen molar-refractivity contribution < 1.29 is 4.42 Å². The summed E-state index contributed by atoms with van der Waals surface area (Å²) in [7, 11) is 0. The lowest BCUT2D eigenvalue weighted by molar-refractivity contribution is 0.557. The molecule has 1 aromatic heterocycles. The normalized spacial score (nSPS) is 14.6. The van der Waals surface area contributed by atoms with Gasteiger partial charge in [0.1, 0.15) is 11.3 Å². The minimum absolute atomic E-state index is 0.101. The average Bonchev–Trinajstić information content (AvgIpc) is 2.40. The number of rotatable bonds is 2. The fourth-order valence-electron chi connectivity index (χ4n) is 3.24. The van der Waals surface area contributed by atoms with E-state index in [0.717, 1.165) is 36.7 Å². The molecule has 0 amide bonds. The van der Waals surface area contributed by atoms with E-state index in [2.05, 4.69) is 13.0 Å².